The van der Waals surface area contributed by atoms with Gasteiger partial charge in [-0.25, -0.2) is 0 Å². The number of nitrogens with one attached hydrogen (secondary N) is 1. The van der Waals surface area contributed by atoms with Gasteiger partial charge >= 0.3 is 0 Å². The summed E-state index contributed by atoms with van der Waals surface area (Å²) in [7, 11) is 0. The van der Waals surface area contributed by atoms with E-state index in [1.807, 2.05) is 36.0 Å². The number of halogens is 1. The number of aromatic nitrogens is 2. The molecule has 0 aliphatic rings. The molecule has 1 aromatic heterocycles. The van der Waals surface area contributed by atoms with E-state index in [1.165, 1.54) is 0 Å². The summed E-state index contributed by atoms with van der Waals surface area (Å²) in [5.74, 6) is 0.809. The first-order chi connectivity index (χ1) is 8.72. The van der Waals surface area contributed by atoms with Crippen LogP contribution in [0.15, 0.2) is 24.3 Å². The fourth-order valence-corrected chi connectivity index (χ4v) is 2.27. The van der Waals surface area contributed by atoms with Crippen LogP contribution < -0.4 is 5.32 Å². The van der Waals surface area contributed by atoms with Gasteiger partial charge in [0.2, 0.25) is 0 Å². The van der Waals surface area contributed by atoms with E-state index < -0.39 is 0 Å². The van der Waals surface area contributed by atoms with Crippen molar-refractivity contribution in [3.05, 3.63) is 29.4 Å². The molecule has 2 rings (SSSR count). The molecule has 18 heavy (non-hydrogen) atoms. The third kappa shape index (κ3) is 3.06. The monoisotopic (exact) mass is 281 g/mol. The van der Waals surface area contributed by atoms with Gasteiger partial charge < -0.3 is 5.32 Å². The highest BCUT2D eigenvalue weighted by Crippen LogP contribution is 2.25. The number of thioether (sulfide) groups is 1. The predicted molar refractivity (Wildman–Crippen MR) is 80.6 cm³/mol. The predicted octanol–water partition coefficient (Wildman–Crippen LogP) is 3.84. The fourth-order valence-electron chi connectivity index (χ4n) is 1.71. The maximum absolute atomic E-state index is 6.03. The molecule has 5 heteroatoms. The maximum Gasteiger partial charge on any atom is 0.159 e. The van der Waals surface area contributed by atoms with Gasteiger partial charge in [0.25, 0.3) is 0 Å². The van der Waals surface area contributed by atoms with Crippen molar-refractivity contribution in [2.75, 3.05) is 18.1 Å². The van der Waals surface area contributed by atoms with Crippen LogP contribution in [-0.4, -0.2) is 28.2 Å². The fraction of sp³-hybridized carbons (Fsp3) is 0.385. The molecule has 1 heterocycles. The van der Waals surface area contributed by atoms with E-state index in [-0.39, 0.29) is 0 Å². The molecule has 3 nitrogen and oxygen atoms in total. The van der Waals surface area contributed by atoms with Gasteiger partial charge in [-0.05, 0) is 12.7 Å². The Morgan fingerprint density at radius 3 is 2.72 bits per heavy atom. The average molecular weight is 282 g/mol. The van der Waals surface area contributed by atoms with Crippen LogP contribution in [0.1, 0.15) is 13.3 Å². The van der Waals surface area contributed by atoms with E-state index in [9.17, 15) is 0 Å². The largest absolute Gasteiger partial charge is 0.368 e. The molecule has 0 amide bonds. The maximum atomic E-state index is 6.03. The number of anilines is 1. The summed E-state index contributed by atoms with van der Waals surface area (Å²) in [6.45, 7) is 3.11. The first kappa shape index (κ1) is 13.4. The summed E-state index contributed by atoms with van der Waals surface area (Å²) < 4.78 is 0. The minimum absolute atomic E-state index is 0.452. The number of rotatable bonds is 5. The molecule has 96 valence electrons. The molecule has 0 bridgehead atoms. The van der Waals surface area contributed by atoms with E-state index in [2.05, 4.69) is 28.7 Å². The Hall–Kier alpha value is -1.00. The van der Waals surface area contributed by atoms with Crippen molar-refractivity contribution in [3.8, 4) is 0 Å². The third-order valence-electron chi connectivity index (χ3n) is 2.89. The Labute approximate surface area is 116 Å². The van der Waals surface area contributed by atoms with Gasteiger partial charge in [0.05, 0.1) is 0 Å². The van der Waals surface area contributed by atoms with Crippen LogP contribution in [-0.2, 0) is 0 Å². The summed E-state index contributed by atoms with van der Waals surface area (Å²) in [5, 5.41) is 14.5. The molecule has 1 unspecified atom stereocenters. The van der Waals surface area contributed by atoms with Gasteiger partial charge in [0.15, 0.2) is 11.0 Å². The second-order valence-corrected chi connectivity index (χ2v) is 5.78. The molecule has 0 spiro atoms. The quantitative estimate of drug-likeness (QED) is 0.904. The molecular weight excluding hydrogens is 266 g/mol. The van der Waals surface area contributed by atoms with Crippen molar-refractivity contribution in [2.45, 2.75) is 18.6 Å². The zero-order chi connectivity index (χ0) is 13.0. The number of hydrogen-bond acceptors (Lipinski definition) is 4. The van der Waals surface area contributed by atoms with Crippen molar-refractivity contribution in [1.29, 1.82) is 0 Å². The lowest BCUT2D eigenvalue weighted by Crippen LogP contribution is -2.09. The second kappa shape index (κ2) is 6.25. The zero-order valence-corrected chi connectivity index (χ0v) is 12.1. The van der Waals surface area contributed by atoms with E-state index >= 15 is 0 Å². The Kier molecular flexibility index (Phi) is 4.66. The Bertz CT molecular complexity index is 533. The molecule has 0 fully saturated rings. The lowest BCUT2D eigenvalue weighted by Gasteiger charge is -2.11. The Balaban J connectivity index is 2.16. The average Bonchev–Trinajstić information content (AvgIpc) is 2.41. The van der Waals surface area contributed by atoms with Gasteiger partial charge in [0, 0.05) is 22.6 Å². The van der Waals surface area contributed by atoms with Gasteiger partial charge in [0.1, 0.15) is 0 Å². The second-order valence-electron chi connectivity index (χ2n) is 4.15. The van der Waals surface area contributed by atoms with Crippen LogP contribution in [0, 0.1) is 0 Å². The number of benzene rings is 1. The van der Waals surface area contributed by atoms with Crippen LogP contribution >= 0.6 is 23.4 Å². The van der Waals surface area contributed by atoms with Crippen LogP contribution in [0.3, 0.4) is 0 Å². The molecule has 1 atom stereocenters. The molecular formula is C13H16ClN3S. The van der Waals surface area contributed by atoms with Crippen LogP contribution in [0.4, 0.5) is 5.82 Å². The van der Waals surface area contributed by atoms with E-state index in [1.54, 1.807) is 0 Å². The van der Waals surface area contributed by atoms with Gasteiger partial charge in [-0.3, -0.25) is 0 Å². The zero-order valence-electron chi connectivity index (χ0n) is 10.5. The number of nitrogens with zero attached hydrogens (tertiary/aromatic N) is 2. The van der Waals surface area contributed by atoms with Crippen molar-refractivity contribution in [3.63, 3.8) is 0 Å². The van der Waals surface area contributed by atoms with Crippen molar-refractivity contribution in [1.82, 2.24) is 10.2 Å². The number of hydrogen-bond donors (Lipinski definition) is 1. The van der Waals surface area contributed by atoms with E-state index in [0.717, 1.165) is 29.6 Å². The Morgan fingerprint density at radius 1 is 1.28 bits per heavy atom. The highest BCUT2D eigenvalue weighted by molar-refractivity contribution is 7.99. The van der Waals surface area contributed by atoms with E-state index in [0.29, 0.717) is 10.4 Å². The molecule has 2 aromatic rings. The third-order valence-corrected chi connectivity index (χ3v) is 4.21. The summed E-state index contributed by atoms with van der Waals surface area (Å²) in [5.41, 5.74) is 0. The van der Waals surface area contributed by atoms with Crippen molar-refractivity contribution in [2.24, 2.45) is 0 Å². The normalized spacial score (nSPS) is 12.6. The summed E-state index contributed by atoms with van der Waals surface area (Å²) >= 11 is 7.90. The topological polar surface area (TPSA) is 37.8 Å². The van der Waals surface area contributed by atoms with Crippen LogP contribution in [0.5, 0.6) is 0 Å². The molecule has 0 radical (unpaired) electrons. The SMILES string of the molecule is CSC(C)CCNc1nnc(Cl)c2ccccc12. The highest BCUT2D eigenvalue weighted by atomic mass is 35.5. The lowest BCUT2D eigenvalue weighted by atomic mass is 10.2. The van der Waals surface area contributed by atoms with Crippen LogP contribution in [0.25, 0.3) is 10.8 Å². The lowest BCUT2D eigenvalue weighted by molar-refractivity contribution is 0.847. The summed E-state index contributed by atoms with van der Waals surface area (Å²) in [4.78, 5) is 0. The first-order valence-corrected chi connectivity index (χ1v) is 7.56. The first-order valence-electron chi connectivity index (χ1n) is 5.90. The van der Waals surface area contributed by atoms with E-state index in [4.69, 9.17) is 11.6 Å². The van der Waals surface area contributed by atoms with Crippen LogP contribution in [0.2, 0.25) is 5.15 Å². The minimum atomic E-state index is 0.452. The summed E-state index contributed by atoms with van der Waals surface area (Å²) in [6, 6.07) is 7.91. The van der Waals surface area contributed by atoms with Crippen molar-refractivity contribution >= 4 is 40.0 Å². The molecule has 0 saturated heterocycles. The molecule has 1 N–H and O–H groups in total. The number of fused-ring (bicyclic) bond motifs is 1. The molecule has 1 aromatic carbocycles. The van der Waals surface area contributed by atoms with Gasteiger partial charge in [-0.2, -0.15) is 11.8 Å². The van der Waals surface area contributed by atoms with Gasteiger partial charge in [-0.15, -0.1) is 10.2 Å². The molecule has 0 saturated carbocycles. The van der Waals surface area contributed by atoms with Crippen molar-refractivity contribution < 1.29 is 0 Å². The Morgan fingerprint density at radius 2 is 2.00 bits per heavy atom. The smallest absolute Gasteiger partial charge is 0.159 e. The van der Waals surface area contributed by atoms with Gasteiger partial charge in [-0.1, -0.05) is 42.8 Å². The molecule has 0 aliphatic carbocycles. The standard InChI is InChI=1S/C13H16ClN3S/c1-9(18-2)7-8-15-13-11-6-4-3-5-10(11)12(14)16-17-13/h3-6,9H,7-8H2,1-2H3,(H,15,17). The summed E-state index contributed by atoms with van der Waals surface area (Å²) in [6.07, 6.45) is 3.22. The molecule has 0 aliphatic heterocycles. The highest BCUT2D eigenvalue weighted by Gasteiger charge is 2.07. The minimum Gasteiger partial charge on any atom is -0.368 e.